The first-order valence-corrected chi connectivity index (χ1v) is 10.4. The number of carbonyl (C=O) groups is 3. The van der Waals surface area contributed by atoms with E-state index >= 15 is 0 Å². The largest absolute Gasteiger partial charge is 0.458 e. The minimum Gasteiger partial charge on any atom is -0.458 e. The molecule has 0 unspecified atom stereocenters. The highest BCUT2D eigenvalue weighted by atomic mass is 32.2. The number of hydrogen-bond acceptors (Lipinski definition) is 6. The summed E-state index contributed by atoms with van der Waals surface area (Å²) in [5.41, 5.74) is -1.27. The van der Waals surface area contributed by atoms with Crippen LogP contribution in [0, 0.1) is 5.92 Å². The van der Waals surface area contributed by atoms with Crippen LogP contribution >= 0.6 is 11.8 Å². The van der Waals surface area contributed by atoms with Crippen molar-refractivity contribution in [3.63, 3.8) is 0 Å². The average molecular weight is 388 g/mol. The zero-order chi connectivity index (χ0) is 20.0. The third kappa shape index (κ3) is 10.7. The maximum absolute atomic E-state index is 12.4. The molecule has 0 radical (unpaired) electrons. The smallest absolute Gasteiger partial charge is 0.408 e. The molecule has 0 saturated heterocycles. The number of thioether (sulfide) groups is 1. The third-order valence-electron chi connectivity index (χ3n) is 3.46. The fourth-order valence-corrected chi connectivity index (χ4v) is 3.11. The second-order valence-corrected chi connectivity index (χ2v) is 9.85. The standard InChI is InChI=1S/C19H33NO5S/c1-18(2,3)24-16(22)14(20-17(23)25-19(4,5)6)9-11-26-12-10-15(21)13-7-8-13/h13-14H,7-12H2,1-6H3,(H,20,23)/t14-/m0/s1. The fraction of sp³-hybridized carbons (Fsp3) is 0.842. The van der Waals surface area contributed by atoms with Crippen LogP contribution in [-0.4, -0.2) is 46.6 Å². The first-order valence-electron chi connectivity index (χ1n) is 9.20. The molecule has 0 heterocycles. The quantitative estimate of drug-likeness (QED) is 0.480. The van der Waals surface area contributed by atoms with Gasteiger partial charge in [0.25, 0.3) is 0 Å². The van der Waals surface area contributed by atoms with E-state index < -0.39 is 29.3 Å². The molecular formula is C19H33NO5S. The maximum atomic E-state index is 12.4. The number of amides is 1. The molecule has 1 fully saturated rings. The first-order chi connectivity index (χ1) is 11.9. The van der Waals surface area contributed by atoms with E-state index in [1.807, 2.05) is 0 Å². The van der Waals surface area contributed by atoms with Crippen LogP contribution in [0.1, 0.15) is 67.2 Å². The number of alkyl carbamates (subject to hydrolysis) is 1. The molecule has 6 nitrogen and oxygen atoms in total. The number of rotatable bonds is 9. The highest BCUT2D eigenvalue weighted by Crippen LogP contribution is 2.31. The molecule has 7 heteroatoms. The number of carbonyl (C=O) groups excluding carboxylic acids is 3. The summed E-state index contributed by atoms with van der Waals surface area (Å²) < 4.78 is 10.6. The maximum Gasteiger partial charge on any atom is 0.408 e. The molecule has 1 rings (SSSR count). The molecule has 150 valence electrons. The number of ketones is 1. The summed E-state index contributed by atoms with van der Waals surface area (Å²) in [5.74, 6) is 1.55. The Morgan fingerprint density at radius 3 is 2.08 bits per heavy atom. The number of esters is 1. The minimum absolute atomic E-state index is 0.291. The van der Waals surface area contributed by atoms with Crippen LogP contribution in [0.2, 0.25) is 0 Å². The van der Waals surface area contributed by atoms with Gasteiger partial charge in [-0.1, -0.05) is 0 Å². The second-order valence-electron chi connectivity index (χ2n) is 8.62. The fourth-order valence-electron chi connectivity index (χ4n) is 2.16. The molecule has 1 aliphatic rings. The van der Waals surface area contributed by atoms with E-state index in [-0.39, 0.29) is 0 Å². The molecule has 26 heavy (non-hydrogen) atoms. The predicted molar refractivity (Wildman–Crippen MR) is 103 cm³/mol. The molecule has 0 aromatic rings. The van der Waals surface area contributed by atoms with Crippen LogP contribution in [0.5, 0.6) is 0 Å². The van der Waals surface area contributed by atoms with Gasteiger partial charge in [-0.2, -0.15) is 11.8 Å². The molecule has 1 aliphatic carbocycles. The van der Waals surface area contributed by atoms with Crippen LogP contribution in [0.4, 0.5) is 4.79 Å². The van der Waals surface area contributed by atoms with Crippen LogP contribution in [0.15, 0.2) is 0 Å². The topological polar surface area (TPSA) is 81.7 Å². The zero-order valence-corrected chi connectivity index (χ0v) is 17.7. The summed E-state index contributed by atoms with van der Waals surface area (Å²) in [5, 5.41) is 2.61. The van der Waals surface area contributed by atoms with Gasteiger partial charge in [0.1, 0.15) is 23.0 Å². The predicted octanol–water partition coefficient (Wildman–Crippen LogP) is 3.71. The summed E-state index contributed by atoms with van der Waals surface area (Å²) in [4.78, 5) is 36.1. The minimum atomic E-state index is -0.768. The molecule has 0 aromatic carbocycles. The van der Waals surface area contributed by atoms with E-state index in [0.29, 0.717) is 30.3 Å². The van der Waals surface area contributed by atoms with Gasteiger partial charge in [0.2, 0.25) is 0 Å². The monoisotopic (exact) mass is 387 g/mol. The lowest BCUT2D eigenvalue weighted by molar-refractivity contribution is -0.157. The molecular weight excluding hydrogens is 354 g/mol. The van der Waals surface area contributed by atoms with Crippen LogP contribution in [0.3, 0.4) is 0 Å². The Kier molecular flexibility index (Phi) is 8.44. The lowest BCUT2D eigenvalue weighted by Crippen LogP contribution is -2.46. The van der Waals surface area contributed by atoms with E-state index in [2.05, 4.69) is 5.32 Å². The van der Waals surface area contributed by atoms with E-state index in [1.165, 1.54) is 0 Å². The van der Waals surface area contributed by atoms with Gasteiger partial charge < -0.3 is 14.8 Å². The number of hydrogen-bond donors (Lipinski definition) is 1. The number of Topliss-reactive ketones (excluding diaryl/α,β-unsaturated/α-hetero) is 1. The Balaban J connectivity index is 2.46. The summed E-state index contributed by atoms with van der Waals surface area (Å²) >= 11 is 1.61. The van der Waals surface area contributed by atoms with Gasteiger partial charge in [-0.3, -0.25) is 4.79 Å². The van der Waals surface area contributed by atoms with Crippen LogP contribution < -0.4 is 5.32 Å². The van der Waals surface area contributed by atoms with Crippen molar-refractivity contribution >= 4 is 29.6 Å². The van der Waals surface area contributed by atoms with Crippen LogP contribution in [0.25, 0.3) is 0 Å². The molecule has 0 spiro atoms. The van der Waals surface area contributed by atoms with E-state index in [4.69, 9.17) is 9.47 Å². The average Bonchev–Trinajstić information content (AvgIpc) is 3.25. The SMILES string of the molecule is CC(C)(C)OC(=O)N[C@@H](CCSCCC(=O)C1CC1)C(=O)OC(C)(C)C. The Morgan fingerprint density at radius 2 is 1.58 bits per heavy atom. The van der Waals surface area contributed by atoms with Crippen molar-refractivity contribution in [2.24, 2.45) is 5.92 Å². The molecule has 0 aliphatic heterocycles. The highest BCUT2D eigenvalue weighted by molar-refractivity contribution is 7.99. The van der Waals surface area contributed by atoms with Gasteiger partial charge in [0.05, 0.1) is 0 Å². The molecule has 1 atom stereocenters. The Morgan fingerprint density at radius 1 is 1.00 bits per heavy atom. The van der Waals surface area contributed by atoms with Crippen molar-refractivity contribution in [2.75, 3.05) is 11.5 Å². The van der Waals surface area contributed by atoms with E-state index in [9.17, 15) is 14.4 Å². The number of nitrogens with one attached hydrogen (secondary N) is 1. The van der Waals surface area contributed by atoms with Gasteiger partial charge in [-0.05, 0) is 66.6 Å². The normalized spacial score (nSPS) is 15.9. The summed E-state index contributed by atoms with van der Waals surface area (Å²) in [6.07, 6.45) is 2.43. The molecule has 1 N–H and O–H groups in total. The van der Waals surface area contributed by atoms with E-state index in [1.54, 1.807) is 53.3 Å². The van der Waals surface area contributed by atoms with Crippen molar-refractivity contribution in [3.05, 3.63) is 0 Å². The number of ether oxygens (including phenoxy) is 2. The van der Waals surface area contributed by atoms with Crippen molar-refractivity contribution < 1.29 is 23.9 Å². The lowest BCUT2D eigenvalue weighted by atomic mass is 10.1. The molecule has 0 bridgehead atoms. The summed E-state index contributed by atoms with van der Waals surface area (Å²) in [6.45, 7) is 10.7. The third-order valence-corrected chi connectivity index (χ3v) is 4.48. The van der Waals surface area contributed by atoms with E-state index in [0.717, 1.165) is 18.6 Å². The van der Waals surface area contributed by atoms with Crippen molar-refractivity contribution in [1.29, 1.82) is 0 Å². The van der Waals surface area contributed by atoms with Gasteiger partial charge in [0, 0.05) is 18.1 Å². The second kappa shape index (κ2) is 9.62. The Labute approximate surface area is 161 Å². The lowest BCUT2D eigenvalue weighted by Gasteiger charge is -2.26. The first kappa shape index (κ1) is 22.8. The van der Waals surface area contributed by atoms with Gasteiger partial charge in [0.15, 0.2) is 0 Å². The van der Waals surface area contributed by atoms with Crippen molar-refractivity contribution in [1.82, 2.24) is 5.32 Å². The molecule has 0 aromatic heterocycles. The van der Waals surface area contributed by atoms with Crippen LogP contribution in [-0.2, 0) is 19.1 Å². The zero-order valence-electron chi connectivity index (χ0n) is 16.8. The summed E-state index contributed by atoms with van der Waals surface area (Å²) in [6, 6.07) is -0.768. The Bertz CT molecular complexity index is 503. The summed E-state index contributed by atoms with van der Waals surface area (Å²) in [7, 11) is 0. The van der Waals surface area contributed by atoms with Gasteiger partial charge in [-0.15, -0.1) is 0 Å². The highest BCUT2D eigenvalue weighted by Gasteiger charge is 2.30. The Hall–Kier alpha value is -1.24. The molecule has 1 amide bonds. The molecule has 1 saturated carbocycles. The van der Waals surface area contributed by atoms with Crippen molar-refractivity contribution in [2.45, 2.75) is 84.5 Å². The van der Waals surface area contributed by atoms with Gasteiger partial charge in [-0.25, -0.2) is 9.59 Å². The van der Waals surface area contributed by atoms with Crippen molar-refractivity contribution in [3.8, 4) is 0 Å². The van der Waals surface area contributed by atoms with Gasteiger partial charge >= 0.3 is 12.1 Å².